The summed E-state index contributed by atoms with van der Waals surface area (Å²) < 4.78 is 4.65. The molecule has 0 saturated carbocycles. The highest BCUT2D eigenvalue weighted by Gasteiger charge is 2.03. The first kappa shape index (κ1) is 8.47. The monoisotopic (exact) mass is 212 g/mol. The van der Waals surface area contributed by atoms with Gasteiger partial charge in [0.05, 0.1) is 0 Å². The molecule has 1 aromatic carbocycles. The Morgan fingerprint density at radius 1 is 1.46 bits per heavy atom. The number of hydrogen-bond donors (Lipinski definition) is 1. The van der Waals surface area contributed by atoms with Crippen molar-refractivity contribution >= 4 is 22.9 Å². The van der Waals surface area contributed by atoms with Crippen LogP contribution in [0.1, 0.15) is 0 Å². The standard InChI is InChI=1S/C8H5ClN2OS/c9-6-3-1-2-5(4-6)7-11-12-8(10)13-7/h1-4,10H. The first-order valence-electron chi connectivity index (χ1n) is 3.53. The van der Waals surface area contributed by atoms with Crippen molar-refractivity contribution in [2.45, 2.75) is 0 Å². The van der Waals surface area contributed by atoms with E-state index in [-0.39, 0.29) is 4.87 Å². The average Bonchev–Trinajstić information content (AvgIpc) is 2.52. The molecular weight excluding hydrogens is 208 g/mol. The van der Waals surface area contributed by atoms with Crippen LogP contribution in [0.2, 0.25) is 5.02 Å². The fraction of sp³-hybridized carbons (Fsp3) is 0. The molecule has 0 fully saturated rings. The van der Waals surface area contributed by atoms with Gasteiger partial charge in [0, 0.05) is 10.6 Å². The lowest BCUT2D eigenvalue weighted by Gasteiger charge is -1.93. The van der Waals surface area contributed by atoms with Crippen LogP contribution < -0.4 is 4.87 Å². The molecular formula is C8H5ClN2OS. The van der Waals surface area contributed by atoms with E-state index in [4.69, 9.17) is 17.0 Å². The van der Waals surface area contributed by atoms with Crippen molar-refractivity contribution in [3.8, 4) is 10.6 Å². The van der Waals surface area contributed by atoms with E-state index in [1.54, 1.807) is 12.1 Å². The molecule has 0 radical (unpaired) electrons. The van der Waals surface area contributed by atoms with Crippen LogP contribution in [0.5, 0.6) is 0 Å². The number of nitrogens with zero attached hydrogens (tertiary/aromatic N) is 1. The third kappa shape index (κ3) is 1.79. The Morgan fingerprint density at radius 3 is 2.92 bits per heavy atom. The van der Waals surface area contributed by atoms with Crippen molar-refractivity contribution < 1.29 is 4.52 Å². The van der Waals surface area contributed by atoms with Crippen molar-refractivity contribution in [1.82, 2.24) is 5.16 Å². The zero-order chi connectivity index (χ0) is 9.26. The van der Waals surface area contributed by atoms with Crippen molar-refractivity contribution in [3.05, 3.63) is 34.2 Å². The molecule has 1 aromatic heterocycles. The van der Waals surface area contributed by atoms with Crippen LogP contribution in [0.4, 0.5) is 0 Å². The molecule has 5 heteroatoms. The summed E-state index contributed by atoms with van der Waals surface area (Å²) in [7, 11) is 0. The largest absolute Gasteiger partial charge is 0.324 e. The van der Waals surface area contributed by atoms with Crippen molar-refractivity contribution in [2.24, 2.45) is 0 Å². The number of halogens is 1. The van der Waals surface area contributed by atoms with Crippen LogP contribution in [-0.2, 0) is 0 Å². The van der Waals surface area contributed by atoms with Gasteiger partial charge in [-0.3, -0.25) is 5.41 Å². The maximum absolute atomic E-state index is 7.18. The van der Waals surface area contributed by atoms with Gasteiger partial charge in [0.2, 0.25) is 0 Å². The lowest BCUT2D eigenvalue weighted by molar-refractivity contribution is 0.383. The first-order chi connectivity index (χ1) is 6.25. The molecule has 0 spiro atoms. The highest BCUT2D eigenvalue weighted by Crippen LogP contribution is 2.22. The fourth-order valence-corrected chi connectivity index (χ4v) is 1.70. The highest BCUT2D eigenvalue weighted by molar-refractivity contribution is 7.12. The Kier molecular flexibility index (Phi) is 2.16. The molecule has 0 unspecified atom stereocenters. The molecule has 0 aliphatic heterocycles. The molecule has 0 aliphatic carbocycles. The third-order valence-corrected chi connectivity index (χ3v) is 2.47. The molecule has 0 aliphatic rings. The fourth-order valence-electron chi connectivity index (χ4n) is 0.941. The van der Waals surface area contributed by atoms with Crippen molar-refractivity contribution in [3.63, 3.8) is 0 Å². The SMILES string of the molecule is N=c1onc(-c2cccc(Cl)c2)s1. The topological polar surface area (TPSA) is 49.9 Å². The van der Waals surface area contributed by atoms with Crippen LogP contribution in [-0.4, -0.2) is 5.16 Å². The number of hydrogen-bond acceptors (Lipinski definition) is 4. The predicted octanol–water partition coefficient (Wildman–Crippen LogP) is 2.54. The summed E-state index contributed by atoms with van der Waals surface area (Å²) in [5.74, 6) is 0. The van der Waals surface area contributed by atoms with Crippen molar-refractivity contribution in [2.75, 3.05) is 0 Å². The van der Waals surface area contributed by atoms with E-state index in [1.165, 1.54) is 11.3 Å². The van der Waals surface area contributed by atoms with Gasteiger partial charge in [0.25, 0.3) is 4.87 Å². The van der Waals surface area contributed by atoms with E-state index in [2.05, 4.69) is 9.68 Å². The van der Waals surface area contributed by atoms with Gasteiger partial charge in [0.15, 0.2) is 5.01 Å². The number of rotatable bonds is 1. The number of nitrogens with one attached hydrogen (secondary N) is 1. The molecule has 1 N–H and O–H groups in total. The highest BCUT2D eigenvalue weighted by atomic mass is 35.5. The van der Waals surface area contributed by atoms with Gasteiger partial charge in [-0.25, -0.2) is 0 Å². The minimum absolute atomic E-state index is 0.0926. The lowest BCUT2D eigenvalue weighted by atomic mass is 10.2. The Morgan fingerprint density at radius 2 is 2.31 bits per heavy atom. The summed E-state index contributed by atoms with van der Waals surface area (Å²) >= 11 is 6.98. The first-order valence-corrected chi connectivity index (χ1v) is 4.72. The summed E-state index contributed by atoms with van der Waals surface area (Å²) in [5, 5.41) is 12.2. The molecule has 66 valence electrons. The van der Waals surface area contributed by atoms with E-state index < -0.39 is 0 Å². The van der Waals surface area contributed by atoms with Crippen LogP contribution in [0.25, 0.3) is 10.6 Å². The van der Waals surface area contributed by atoms with E-state index in [0.29, 0.717) is 10.0 Å². The Balaban J connectivity index is 2.52. The van der Waals surface area contributed by atoms with Gasteiger partial charge in [-0.05, 0) is 12.1 Å². The van der Waals surface area contributed by atoms with Crippen LogP contribution >= 0.6 is 22.9 Å². The summed E-state index contributed by atoms with van der Waals surface area (Å²) in [6, 6.07) is 7.29. The quantitative estimate of drug-likeness (QED) is 0.790. The van der Waals surface area contributed by atoms with Crippen molar-refractivity contribution in [1.29, 1.82) is 5.41 Å². The molecule has 0 saturated heterocycles. The lowest BCUT2D eigenvalue weighted by Crippen LogP contribution is -1.80. The van der Waals surface area contributed by atoms with Gasteiger partial charge in [0.1, 0.15) is 0 Å². The Labute approximate surface area is 83.1 Å². The molecule has 0 atom stereocenters. The number of benzene rings is 1. The molecule has 0 bridgehead atoms. The second-order valence-corrected chi connectivity index (χ2v) is 3.79. The summed E-state index contributed by atoms with van der Waals surface area (Å²) in [4.78, 5) is 0.0926. The van der Waals surface area contributed by atoms with Gasteiger partial charge in [-0.2, -0.15) is 0 Å². The maximum atomic E-state index is 7.18. The van der Waals surface area contributed by atoms with Crippen LogP contribution in [0, 0.1) is 5.41 Å². The molecule has 2 aromatic rings. The molecule has 1 heterocycles. The zero-order valence-electron chi connectivity index (χ0n) is 6.45. The maximum Gasteiger partial charge on any atom is 0.300 e. The normalized spacial score (nSPS) is 10.2. The molecule has 0 amide bonds. The van der Waals surface area contributed by atoms with E-state index in [9.17, 15) is 0 Å². The van der Waals surface area contributed by atoms with Crippen LogP contribution in [0.3, 0.4) is 0 Å². The average molecular weight is 213 g/mol. The second-order valence-electron chi connectivity index (χ2n) is 2.39. The molecule has 3 nitrogen and oxygen atoms in total. The second kappa shape index (κ2) is 3.32. The summed E-state index contributed by atoms with van der Waals surface area (Å²) in [5.41, 5.74) is 0.875. The van der Waals surface area contributed by atoms with Gasteiger partial charge >= 0.3 is 0 Å². The van der Waals surface area contributed by atoms with E-state index >= 15 is 0 Å². The zero-order valence-corrected chi connectivity index (χ0v) is 8.02. The molecule has 13 heavy (non-hydrogen) atoms. The van der Waals surface area contributed by atoms with Gasteiger partial charge in [-0.1, -0.05) is 40.2 Å². The van der Waals surface area contributed by atoms with Crippen LogP contribution in [0.15, 0.2) is 28.8 Å². The van der Waals surface area contributed by atoms with Gasteiger partial charge in [-0.15, -0.1) is 0 Å². The summed E-state index contributed by atoms with van der Waals surface area (Å²) in [6.07, 6.45) is 0. The Bertz CT molecular complexity index is 477. The summed E-state index contributed by atoms with van der Waals surface area (Å²) in [6.45, 7) is 0. The third-order valence-electron chi connectivity index (χ3n) is 1.47. The minimum Gasteiger partial charge on any atom is -0.324 e. The minimum atomic E-state index is 0.0926. The smallest absolute Gasteiger partial charge is 0.300 e. The van der Waals surface area contributed by atoms with E-state index in [1.807, 2.05) is 12.1 Å². The van der Waals surface area contributed by atoms with E-state index in [0.717, 1.165) is 5.56 Å². The number of aromatic nitrogens is 1. The van der Waals surface area contributed by atoms with Gasteiger partial charge < -0.3 is 4.52 Å². The Hall–Kier alpha value is -1.13. The predicted molar refractivity (Wildman–Crippen MR) is 50.7 cm³/mol. The molecule has 2 rings (SSSR count).